The van der Waals surface area contributed by atoms with Gasteiger partial charge in [-0.05, 0) is 56.0 Å². The molecule has 0 saturated carbocycles. The van der Waals surface area contributed by atoms with Crippen LogP contribution < -0.4 is 0 Å². The molecule has 0 N–H and O–H groups in total. The number of hydrogen-bond donors (Lipinski definition) is 0. The first kappa shape index (κ1) is 20.6. The maximum Gasteiger partial charge on any atom is 0.192 e. The van der Waals surface area contributed by atoms with Crippen molar-refractivity contribution >= 4 is 11.8 Å². The van der Waals surface area contributed by atoms with Crippen molar-refractivity contribution < 1.29 is 9.13 Å². The van der Waals surface area contributed by atoms with Crippen molar-refractivity contribution in [3.05, 3.63) is 65.5 Å². The Labute approximate surface area is 179 Å². The highest BCUT2D eigenvalue weighted by Gasteiger charge is 2.24. The predicted molar refractivity (Wildman–Crippen MR) is 115 cm³/mol. The van der Waals surface area contributed by atoms with Crippen LogP contribution in [0.1, 0.15) is 24.0 Å². The van der Waals surface area contributed by atoms with Gasteiger partial charge in [0.05, 0.1) is 18.7 Å². The third-order valence-electron chi connectivity index (χ3n) is 5.16. The summed E-state index contributed by atoms with van der Waals surface area (Å²) in [6.45, 7) is 3.42. The fraction of sp³-hybridized carbons (Fsp3) is 0.348. The van der Waals surface area contributed by atoms with Crippen LogP contribution in [0.3, 0.4) is 0 Å². The number of halogens is 1. The SMILES string of the molecule is Cc1ccc(C[C@H](C#N)Sc2nnc(-c3ccc(F)cc3)n2C[C@H]2CCCO2)cc1. The maximum absolute atomic E-state index is 13.4. The molecular weight excluding hydrogens is 399 g/mol. The number of ether oxygens (including phenoxy) is 1. The monoisotopic (exact) mass is 422 g/mol. The largest absolute Gasteiger partial charge is 0.376 e. The van der Waals surface area contributed by atoms with E-state index in [4.69, 9.17) is 4.74 Å². The predicted octanol–water partition coefficient (Wildman–Crippen LogP) is 4.80. The molecule has 0 spiro atoms. The second kappa shape index (κ2) is 9.41. The molecule has 1 saturated heterocycles. The third kappa shape index (κ3) is 4.89. The number of aryl methyl sites for hydroxylation is 1. The van der Waals surface area contributed by atoms with E-state index >= 15 is 0 Å². The minimum atomic E-state index is -0.291. The van der Waals surface area contributed by atoms with Crippen molar-refractivity contribution in [2.45, 2.75) is 49.2 Å². The Morgan fingerprint density at radius 3 is 2.63 bits per heavy atom. The van der Waals surface area contributed by atoms with Gasteiger partial charge in [0.1, 0.15) is 11.1 Å². The summed E-state index contributed by atoms with van der Waals surface area (Å²) >= 11 is 1.41. The summed E-state index contributed by atoms with van der Waals surface area (Å²) in [5.41, 5.74) is 3.10. The van der Waals surface area contributed by atoms with Gasteiger partial charge in [0, 0.05) is 12.2 Å². The minimum Gasteiger partial charge on any atom is -0.376 e. The molecule has 0 radical (unpaired) electrons. The lowest BCUT2D eigenvalue weighted by atomic mass is 10.1. The van der Waals surface area contributed by atoms with Crippen LogP contribution in [0.2, 0.25) is 0 Å². The van der Waals surface area contributed by atoms with Gasteiger partial charge in [-0.3, -0.25) is 4.57 Å². The summed E-state index contributed by atoms with van der Waals surface area (Å²) in [4.78, 5) is 0. The van der Waals surface area contributed by atoms with Crippen LogP contribution in [-0.2, 0) is 17.7 Å². The zero-order chi connectivity index (χ0) is 20.9. The van der Waals surface area contributed by atoms with E-state index in [1.807, 2.05) is 11.5 Å². The molecule has 4 rings (SSSR count). The molecule has 2 heterocycles. The number of nitriles is 1. The lowest BCUT2D eigenvalue weighted by Gasteiger charge is -2.16. The van der Waals surface area contributed by atoms with E-state index in [9.17, 15) is 9.65 Å². The molecule has 30 heavy (non-hydrogen) atoms. The second-order valence-corrected chi connectivity index (χ2v) is 8.65. The van der Waals surface area contributed by atoms with E-state index in [0.717, 1.165) is 30.6 Å². The molecular formula is C23H23FN4OS. The van der Waals surface area contributed by atoms with Crippen molar-refractivity contribution in [2.24, 2.45) is 0 Å². The van der Waals surface area contributed by atoms with Gasteiger partial charge in [0.2, 0.25) is 0 Å². The highest BCUT2D eigenvalue weighted by Crippen LogP contribution is 2.30. The van der Waals surface area contributed by atoms with E-state index in [1.54, 1.807) is 12.1 Å². The Bertz CT molecular complexity index is 1020. The van der Waals surface area contributed by atoms with Gasteiger partial charge in [-0.1, -0.05) is 41.6 Å². The van der Waals surface area contributed by atoms with Crippen LogP contribution in [-0.4, -0.2) is 32.7 Å². The Hall–Kier alpha value is -2.69. The first-order chi connectivity index (χ1) is 14.6. The molecule has 2 atom stereocenters. The molecule has 0 bridgehead atoms. The lowest BCUT2D eigenvalue weighted by molar-refractivity contribution is 0.0953. The van der Waals surface area contributed by atoms with Crippen molar-refractivity contribution in [2.75, 3.05) is 6.61 Å². The van der Waals surface area contributed by atoms with Crippen molar-refractivity contribution in [3.8, 4) is 17.5 Å². The molecule has 3 aromatic rings. The fourth-order valence-electron chi connectivity index (χ4n) is 3.52. The molecule has 0 amide bonds. The smallest absolute Gasteiger partial charge is 0.192 e. The summed E-state index contributed by atoms with van der Waals surface area (Å²) < 4.78 is 21.2. The number of aromatic nitrogens is 3. The van der Waals surface area contributed by atoms with Gasteiger partial charge < -0.3 is 4.74 Å². The van der Waals surface area contributed by atoms with Gasteiger partial charge in [-0.25, -0.2) is 4.39 Å². The lowest BCUT2D eigenvalue weighted by Crippen LogP contribution is -2.17. The summed E-state index contributed by atoms with van der Waals surface area (Å²) in [6, 6.07) is 16.9. The van der Waals surface area contributed by atoms with Crippen LogP contribution in [0.25, 0.3) is 11.4 Å². The van der Waals surface area contributed by atoms with Gasteiger partial charge in [0.15, 0.2) is 11.0 Å². The standard InChI is InChI=1S/C23H23FN4OS/c1-16-4-6-17(7-5-16)13-21(14-25)30-23-27-26-22(18-8-10-19(24)11-9-18)28(23)15-20-3-2-12-29-20/h4-11,20-21H,2-3,12-13,15H2,1H3/t20-,21-/m1/s1. The molecule has 7 heteroatoms. The van der Waals surface area contributed by atoms with Crippen LogP contribution >= 0.6 is 11.8 Å². The fourth-order valence-corrected chi connectivity index (χ4v) is 4.48. The number of benzene rings is 2. The van der Waals surface area contributed by atoms with E-state index in [0.29, 0.717) is 23.9 Å². The van der Waals surface area contributed by atoms with Gasteiger partial charge in [-0.2, -0.15) is 5.26 Å². The summed E-state index contributed by atoms with van der Waals surface area (Å²) in [5, 5.41) is 18.9. The molecule has 0 unspecified atom stereocenters. The van der Waals surface area contributed by atoms with Gasteiger partial charge in [0.25, 0.3) is 0 Å². The molecule has 5 nitrogen and oxygen atoms in total. The Morgan fingerprint density at radius 2 is 1.97 bits per heavy atom. The molecule has 1 aliphatic heterocycles. The van der Waals surface area contributed by atoms with E-state index < -0.39 is 0 Å². The Morgan fingerprint density at radius 1 is 1.20 bits per heavy atom. The topological polar surface area (TPSA) is 63.7 Å². The average molecular weight is 423 g/mol. The van der Waals surface area contributed by atoms with Crippen molar-refractivity contribution in [3.63, 3.8) is 0 Å². The first-order valence-corrected chi connectivity index (χ1v) is 10.9. The summed E-state index contributed by atoms with van der Waals surface area (Å²) in [6.07, 6.45) is 2.74. The van der Waals surface area contributed by atoms with E-state index in [-0.39, 0.29) is 17.2 Å². The summed E-state index contributed by atoms with van der Waals surface area (Å²) in [7, 11) is 0. The highest BCUT2D eigenvalue weighted by atomic mass is 32.2. The zero-order valence-electron chi connectivity index (χ0n) is 16.8. The van der Waals surface area contributed by atoms with Crippen LogP contribution in [0.5, 0.6) is 0 Å². The number of rotatable bonds is 7. The number of hydrogen-bond acceptors (Lipinski definition) is 5. The highest BCUT2D eigenvalue weighted by molar-refractivity contribution is 8.00. The normalized spacial score (nSPS) is 17.0. The maximum atomic E-state index is 13.4. The van der Waals surface area contributed by atoms with Crippen molar-refractivity contribution in [1.82, 2.24) is 14.8 Å². The molecule has 0 aliphatic carbocycles. The Kier molecular flexibility index (Phi) is 6.46. The molecule has 1 aromatic heterocycles. The molecule has 2 aromatic carbocycles. The third-order valence-corrected chi connectivity index (χ3v) is 6.23. The second-order valence-electron chi connectivity index (χ2n) is 7.48. The quantitative estimate of drug-likeness (QED) is 0.512. The molecule has 154 valence electrons. The van der Waals surface area contributed by atoms with E-state index in [1.165, 1.54) is 29.5 Å². The van der Waals surface area contributed by atoms with Gasteiger partial charge in [-0.15, -0.1) is 10.2 Å². The number of nitrogens with zero attached hydrogens (tertiary/aromatic N) is 4. The molecule has 1 fully saturated rings. The van der Waals surface area contributed by atoms with Crippen LogP contribution in [0, 0.1) is 24.1 Å². The Balaban J connectivity index is 1.60. The van der Waals surface area contributed by atoms with Crippen molar-refractivity contribution in [1.29, 1.82) is 5.26 Å². The van der Waals surface area contributed by atoms with Crippen LogP contribution in [0.4, 0.5) is 4.39 Å². The first-order valence-electron chi connectivity index (χ1n) is 10.0. The van der Waals surface area contributed by atoms with Crippen LogP contribution in [0.15, 0.2) is 53.7 Å². The zero-order valence-corrected chi connectivity index (χ0v) is 17.6. The average Bonchev–Trinajstić information content (AvgIpc) is 3.41. The summed E-state index contributed by atoms with van der Waals surface area (Å²) in [5.74, 6) is 0.376. The van der Waals surface area contributed by atoms with E-state index in [2.05, 4.69) is 40.5 Å². The number of thioether (sulfide) groups is 1. The minimum absolute atomic E-state index is 0.0946. The van der Waals surface area contributed by atoms with Gasteiger partial charge >= 0.3 is 0 Å². The molecule has 1 aliphatic rings.